The van der Waals surface area contributed by atoms with Crippen LogP contribution < -0.4 is 20.3 Å². The number of H-pyrrole nitrogens is 1. The lowest BCUT2D eigenvalue weighted by molar-refractivity contribution is -0.120. The van der Waals surface area contributed by atoms with E-state index in [4.69, 9.17) is 4.74 Å². The number of hydrogen-bond acceptors (Lipinski definition) is 5. The highest BCUT2D eigenvalue weighted by Crippen LogP contribution is 2.48. The highest BCUT2D eigenvalue weighted by molar-refractivity contribution is 6.02. The number of Topliss-reactive ketones (excluding diaryl/α,β-unsaturated/α-hetero) is 1. The van der Waals surface area contributed by atoms with Gasteiger partial charge in [-0.3, -0.25) is 9.59 Å². The third-order valence-electron chi connectivity index (χ3n) is 8.21. The number of halogens is 2. The van der Waals surface area contributed by atoms with E-state index in [2.05, 4.69) is 15.6 Å². The van der Waals surface area contributed by atoms with Crippen LogP contribution in [0, 0.1) is 17.0 Å². The van der Waals surface area contributed by atoms with Crippen LogP contribution in [0.1, 0.15) is 43.9 Å². The molecule has 1 atom stereocenters. The van der Waals surface area contributed by atoms with E-state index in [0.717, 1.165) is 34.0 Å². The quantitative estimate of drug-likeness (QED) is 0.233. The molecule has 1 amide bonds. The molecule has 3 N–H and O–H groups in total. The zero-order valence-electron chi connectivity index (χ0n) is 24.4. The minimum Gasteiger partial charge on any atom is -0.497 e. The molecule has 0 saturated carbocycles. The van der Waals surface area contributed by atoms with Gasteiger partial charge in [-0.15, -0.1) is 0 Å². The van der Waals surface area contributed by atoms with Crippen molar-refractivity contribution in [2.45, 2.75) is 39.2 Å². The maximum atomic E-state index is 14.6. The summed E-state index contributed by atoms with van der Waals surface area (Å²) in [5, 5.41) is 7.48. The second kappa shape index (κ2) is 11.2. The minimum atomic E-state index is -0.869. The molecule has 7 nitrogen and oxygen atoms in total. The Balaban J connectivity index is 1.33. The first-order valence-corrected chi connectivity index (χ1v) is 14.4. The first-order valence-electron chi connectivity index (χ1n) is 14.4. The summed E-state index contributed by atoms with van der Waals surface area (Å²) in [4.78, 5) is 32.3. The van der Waals surface area contributed by atoms with E-state index in [9.17, 15) is 18.4 Å². The number of nitrogens with one attached hydrogen (secondary N) is 3. The largest absolute Gasteiger partial charge is 0.497 e. The number of anilines is 2. The summed E-state index contributed by atoms with van der Waals surface area (Å²) in [5.74, 6) is -1.12. The van der Waals surface area contributed by atoms with Crippen molar-refractivity contribution in [3.8, 4) is 5.75 Å². The SMILES string of the molecule is COc1ccc2[nH]cc(CCNC(=O)CN3c4ccccc4NC4=C(C(=O)CC(C)(C)C4)C3c3cc(F)cc(F)c3)c2c1. The molecule has 9 heteroatoms. The highest BCUT2D eigenvalue weighted by atomic mass is 19.1. The average molecular weight is 585 g/mol. The van der Waals surface area contributed by atoms with Gasteiger partial charge in [0.05, 0.1) is 31.1 Å². The summed E-state index contributed by atoms with van der Waals surface area (Å²) in [6.07, 6.45) is 3.36. The number of ether oxygens (including phenoxy) is 1. The molecule has 0 spiro atoms. The Bertz CT molecular complexity index is 1740. The lowest BCUT2D eigenvalue weighted by Crippen LogP contribution is -2.42. The van der Waals surface area contributed by atoms with Crippen molar-refractivity contribution in [3.05, 3.63) is 101 Å². The van der Waals surface area contributed by atoms with Crippen molar-refractivity contribution in [1.82, 2.24) is 10.3 Å². The molecule has 0 saturated heterocycles. The number of amides is 1. The van der Waals surface area contributed by atoms with Gasteiger partial charge in [0, 0.05) is 47.4 Å². The number of rotatable bonds is 7. The van der Waals surface area contributed by atoms with Crippen molar-refractivity contribution in [2.24, 2.45) is 5.41 Å². The summed E-state index contributed by atoms with van der Waals surface area (Å²) >= 11 is 0. The number of ketones is 1. The summed E-state index contributed by atoms with van der Waals surface area (Å²) in [6.45, 7) is 4.30. The first-order chi connectivity index (χ1) is 20.6. The molecule has 2 aliphatic rings. The molecular formula is C34H34F2N4O3. The normalized spacial score (nSPS) is 17.7. The second-order valence-electron chi connectivity index (χ2n) is 12.0. The zero-order chi connectivity index (χ0) is 30.3. The summed E-state index contributed by atoms with van der Waals surface area (Å²) in [6, 6.07) is 15.7. The number of para-hydroxylation sites is 2. The third kappa shape index (κ3) is 5.71. The van der Waals surface area contributed by atoms with Crippen LogP contribution in [0.3, 0.4) is 0 Å². The Morgan fingerprint density at radius 2 is 1.84 bits per heavy atom. The molecule has 4 aromatic rings. The Kier molecular flexibility index (Phi) is 7.42. The van der Waals surface area contributed by atoms with E-state index < -0.39 is 17.7 Å². The number of hydrogen-bond donors (Lipinski definition) is 3. The van der Waals surface area contributed by atoms with Crippen molar-refractivity contribution >= 4 is 34.0 Å². The van der Waals surface area contributed by atoms with E-state index in [1.54, 1.807) is 12.0 Å². The predicted octanol–water partition coefficient (Wildman–Crippen LogP) is 6.43. The number of aromatic nitrogens is 1. The van der Waals surface area contributed by atoms with Crippen LogP contribution in [-0.4, -0.2) is 36.9 Å². The lowest BCUT2D eigenvalue weighted by Gasteiger charge is -2.37. The number of fused-ring (bicyclic) bond motifs is 2. The molecule has 1 aromatic heterocycles. The predicted molar refractivity (Wildman–Crippen MR) is 163 cm³/mol. The lowest BCUT2D eigenvalue weighted by atomic mass is 9.73. The molecule has 6 rings (SSSR count). The van der Waals surface area contributed by atoms with Gasteiger partial charge in [-0.25, -0.2) is 8.78 Å². The molecule has 0 bridgehead atoms. The molecule has 1 unspecified atom stereocenters. The molecular weight excluding hydrogens is 550 g/mol. The van der Waals surface area contributed by atoms with Gasteiger partial charge in [-0.2, -0.15) is 0 Å². The van der Waals surface area contributed by atoms with Crippen LogP contribution >= 0.6 is 0 Å². The number of methoxy groups -OCH3 is 1. The number of allylic oxidation sites excluding steroid dienone is 1. The molecule has 3 aromatic carbocycles. The highest BCUT2D eigenvalue weighted by Gasteiger charge is 2.42. The third-order valence-corrected chi connectivity index (χ3v) is 8.21. The zero-order valence-corrected chi connectivity index (χ0v) is 24.4. The van der Waals surface area contributed by atoms with Gasteiger partial charge in [0.1, 0.15) is 17.4 Å². The van der Waals surface area contributed by atoms with Crippen molar-refractivity contribution in [1.29, 1.82) is 0 Å². The van der Waals surface area contributed by atoms with Gasteiger partial charge in [0.2, 0.25) is 5.91 Å². The fourth-order valence-electron chi connectivity index (χ4n) is 6.35. The van der Waals surface area contributed by atoms with E-state index >= 15 is 0 Å². The second-order valence-corrected chi connectivity index (χ2v) is 12.0. The molecule has 0 fully saturated rings. The Labute approximate surface area is 248 Å². The van der Waals surface area contributed by atoms with Gasteiger partial charge in [-0.1, -0.05) is 26.0 Å². The smallest absolute Gasteiger partial charge is 0.239 e. The monoisotopic (exact) mass is 584 g/mol. The number of nitrogens with zero attached hydrogens (tertiary/aromatic N) is 1. The standard InChI is InChI=1S/C34H34F2N4O3/c1-34(2)16-28-32(30(41)17-34)33(21-12-22(35)14-23(36)13-21)40(29-7-5-4-6-27(29)39-28)19-31(42)37-11-10-20-18-38-26-9-8-24(43-3)15-25(20)26/h4-9,12-15,18,33,38-39H,10-11,16-17,19H2,1-3H3,(H,37,42). The van der Waals surface area contributed by atoms with E-state index in [1.165, 1.54) is 12.1 Å². The van der Waals surface area contributed by atoms with Gasteiger partial charge < -0.3 is 25.3 Å². The van der Waals surface area contributed by atoms with Gasteiger partial charge >= 0.3 is 0 Å². The Morgan fingerprint density at radius 3 is 2.60 bits per heavy atom. The van der Waals surface area contributed by atoms with Crippen LogP contribution in [-0.2, 0) is 16.0 Å². The van der Waals surface area contributed by atoms with Crippen molar-refractivity contribution < 1.29 is 23.1 Å². The number of carbonyl (C=O) groups excluding carboxylic acids is 2. The molecule has 2 heterocycles. The minimum absolute atomic E-state index is 0.110. The summed E-state index contributed by atoms with van der Waals surface area (Å²) < 4.78 is 34.6. The van der Waals surface area contributed by atoms with E-state index in [1.807, 2.05) is 62.5 Å². The van der Waals surface area contributed by atoms with Gasteiger partial charge in [0.15, 0.2) is 5.78 Å². The number of benzene rings is 3. The molecule has 0 radical (unpaired) electrons. The summed E-state index contributed by atoms with van der Waals surface area (Å²) in [7, 11) is 1.62. The molecule has 222 valence electrons. The van der Waals surface area contributed by atoms with Gasteiger partial charge in [0.25, 0.3) is 0 Å². The molecule has 43 heavy (non-hydrogen) atoms. The maximum Gasteiger partial charge on any atom is 0.239 e. The Morgan fingerprint density at radius 1 is 1.07 bits per heavy atom. The van der Waals surface area contributed by atoms with Crippen molar-refractivity contribution in [3.63, 3.8) is 0 Å². The van der Waals surface area contributed by atoms with Crippen LogP contribution in [0.4, 0.5) is 20.2 Å². The Hall–Kier alpha value is -4.66. The van der Waals surface area contributed by atoms with Gasteiger partial charge in [-0.05, 0) is 71.8 Å². The first kappa shape index (κ1) is 28.5. The average Bonchev–Trinajstić information content (AvgIpc) is 3.29. The van der Waals surface area contributed by atoms with Crippen LogP contribution in [0.15, 0.2) is 78.1 Å². The van der Waals surface area contributed by atoms with E-state index in [0.29, 0.717) is 36.3 Å². The maximum absolute atomic E-state index is 14.6. The van der Waals surface area contributed by atoms with E-state index in [-0.39, 0.29) is 35.6 Å². The van der Waals surface area contributed by atoms with Crippen LogP contribution in [0.2, 0.25) is 0 Å². The fourth-order valence-corrected chi connectivity index (χ4v) is 6.35. The van der Waals surface area contributed by atoms with Crippen molar-refractivity contribution in [2.75, 3.05) is 30.4 Å². The number of carbonyl (C=O) groups is 2. The number of aromatic amines is 1. The van der Waals surface area contributed by atoms with Crippen LogP contribution in [0.5, 0.6) is 5.75 Å². The molecule has 1 aliphatic heterocycles. The molecule has 1 aliphatic carbocycles. The summed E-state index contributed by atoms with van der Waals surface area (Å²) in [5.41, 5.74) is 4.52. The fraction of sp³-hybridized carbons (Fsp3) is 0.294. The van der Waals surface area contributed by atoms with Crippen LogP contribution in [0.25, 0.3) is 10.9 Å². The topological polar surface area (TPSA) is 86.5 Å².